The molecule has 1 heterocycles. The van der Waals surface area contributed by atoms with Gasteiger partial charge in [0.1, 0.15) is 12.4 Å². The van der Waals surface area contributed by atoms with E-state index in [4.69, 9.17) is 5.73 Å². The molecule has 1 aliphatic carbocycles. The largest absolute Gasteiger partial charge is 0.370 e. The Labute approximate surface area is 138 Å². The van der Waals surface area contributed by atoms with Gasteiger partial charge in [0.25, 0.3) is 0 Å². The van der Waals surface area contributed by atoms with Crippen LogP contribution in [0.1, 0.15) is 38.9 Å². The molecule has 1 fully saturated rings. The third kappa shape index (κ3) is 5.30. The molecule has 0 bridgehead atoms. The second kappa shape index (κ2) is 8.49. The van der Waals surface area contributed by atoms with Crippen molar-refractivity contribution in [2.24, 2.45) is 22.6 Å². The van der Waals surface area contributed by atoms with E-state index < -0.39 is 0 Å². The maximum atomic E-state index is 5.87. The van der Waals surface area contributed by atoms with E-state index in [-0.39, 0.29) is 24.0 Å². The first-order valence-corrected chi connectivity index (χ1v) is 7.19. The van der Waals surface area contributed by atoms with Crippen LogP contribution in [-0.4, -0.2) is 22.1 Å². The number of aliphatic imine (C=N–C) groups is 1. The standard InChI is InChI=1S/C14H25N5.HI/c1-11(2)10-19-7-6-16-13(19)9-18-14(15)17-8-12-4-3-5-12;/h6-7,11-12H,3-5,8-10H2,1-2H3,(H3,15,17,18);1H. The van der Waals surface area contributed by atoms with Gasteiger partial charge in [0.05, 0.1) is 0 Å². The average molecular weight is 391 g/mol. The van der Waals surface area contributed by atoms with Crippen molar-refractivity contribution in [3.8, 4) is 0 Å². The zero-order valence-corrected chi connectivity index (χ0v) is 14.7. The van der Waals surface area contributed by atoms with Gasteiger partial charge in [-0.3, -0.25) is 0 Å². The van der Waals surface area contributed by atoms with Crippen molar-refractivity contribution in [3.63, 3.8) is 0 Å². The lowest BCUT2D eigenvalue weighted by Crippen LogP contribution is -2.37. The molecule has 114 valence electrons. The molecule has 0 spiro atoms. The Kier molecular flexibility index (Phi) is 7.32. The highest BCUT2D eigenvalue weighted by Crippen LogP contribution is 2.24. The Hall–Kier alpha value is -0.790. The topological polar surface area (TPSA) is 68.2 Å². The molecule has 6 heteroatoms. The lowest BCUT2D eigenvalue weighted by Gasteiger charge is -2.25. The van der Waals surface area contributed by atoms with Gasteiger partial charge in [-0.2, -0.15) is 0 Å². The molecule has 3 N–H and O–H groups in total. The summed E-state index contributed by atoms with van der Waals surface area (Å²) in [6.45, 7) is 6.86. The minimum atomic E-state index is 0. The van der Waals surface area contributed by atoms with Gasteiger partial charge >= 0.3 is 0 Å². The van der Waals surface area contributed by atoms with Gasteiger partial charge in [-0.15, -0.1) is 24.0 Å². The molecule has 0 radical (unpaired) electrons. The van der Waals surface area contributed by atoms with Crippen LogP contribution >= 0.6 is 24.0 Å². The molecule has 0 aliphatic heterocycles. The second-order valence-corrected chi connectivity index (χ2v) is 5.77. The fraction of sp³-hybridized carbons (Fsp3) is 0.714. The first-order chi connectivity index (χ1) is 9.15. The minimum Gasteiger partial charge on any atom is -0.370 e. The zero-order valence-electron chi connectivity index (χ0n) is 12.4. The van der Waals surface area contributed by atoms with Crippen LogP contribution in [-0.2, 0) is 13.1 Å². The van der Waals surface area contributed by atoms with Crippen LogP contribution in [0.15, 0.2) is 17.4 Å². The quantitative estimate of drug-likeness (QED) is 0.445. The number of nitrogens with one attached hydrogen (secondary N) is 1. The number of halogens is 1. The third-order valence-corrected chi connectivity index (χ3v) is 3.55. The van der Waals surface area contributed by atoms with E-state index in [9.17, 15) is 0 Å². The van der Waals surface area contributed by atoms with E-state index in [1.165, 1.54) is 19.3 Å². The van der Waals surface area contributed by atoms with E-state index in [1.54, 1.807) is 0 Å². The number of nitrogens with zero attached hydrogens (tertiary/aromatic N) is 3. The van der Waals surface area contributed by atoms with E-state index in [0.717, 1.165) is 24.8 Å². The molecule has 0 unspecified atom stereocenters. The van der Waals surface area contributed by atoms with E-state index in [1.807, 2.05) is 12.4 Å². The molecule has 1 aromatic rings. The van der Waals surface area contributed by atoms with Crippen molar-refractivity contribution in [1.29, 1.82) is 0 Å². The van der Waals surface area contributed by atoms with E-state index in [2.05, 4.69) is 33.7 Å². The summed E-state index contributed by atoms with van der Waals surface area (Å²) in [5.74, 6) is 2.90. The summed E-state index contributed by atoms with van der Waals surface area (Å²) in [6, 6.07) is 0. The normalized spacial score (nSPS) is 15.8. The van der Waals surface area contributed by atoms with Crippen LogP contribution in [0.5, 0.6) is 0 Å². The Balaban J connectivity index is 0.00000200. The van der Waals surface area contributed by atoms with Crippen LogP contribution in [0.3, 0.4) is 0 Å². The molecule has 1 saturated carbocycles. The van der Waals surface area contributed by atoms with Crippen molar-refractivity contribution >= 4 is 29.9 Å². The van der Waals surface area contributed by atoms with Crippen molar-refractivity contribution in [3.05, 3.63) is 18.2 Å². The SMILES string of the molecule is CC(C)Cn1ccnc1CN=C(N)NCC1CCC1.I. The number of hydrogen-bond acceptors (Lipinski definition) is 2. The first kappa shape index (κ1) is 17.3. The van der Waals surface area contributed by atoms with Gasteiger partial charge < -0.3 is 15.6 Å². The average Bonchev–Trinajstić information content (AvgIpc) is 2.71. The Morgan fingerprint density at radius 2 is 2.30 bits per heavy atom. The number of aromatic nitrogens is 2. The van der Waals surface area contributed by atoms with Crippen molar-refractivity contribution in [1.82, 2.24) is 14.9 Å². The molecule has 1 aromatic heterocycles. The van der Waals surface area contributed by atoms with Crippen LogP contribution in [0, 0.1) is 11.8 Å². The van der Waals surface area contributed by atoms with Gasteiger partial charge in [0.2, 0.25) is 0 Å². The summed E-state index contributed by atoms with van der Waals surface area (Å²) >= 11 is 0. The molecule has 0 aromatic carbocycles. The third-order valence-electron chi connectivity index (χ3n) is 3.55. The molecule has 0 amide bonds. The lowest BCUT2D eigenvalue weighted by molar-refractivity contribution is 0.315. The summed E-state index contributed by atoms with van der Waals surface area (Å²) < 4.78 is 2.15. The number of guanidine groups is 1. The zero-order chi connectivity index (χ0) is 13.7. The molecule has 1 aliphatic rings. The fourth-order valence-electron chi connectivity index (χ4n) is 2.21. The second-order valence-electron chi connectivity index (χ2n) is 5.77. The van der Waals surface area contributed by atoms with Crippen LogP contribution in [0.2, 0.25) is 0 Å². The maximum absolute atomic E-state index is 5.87. The monoisotopic (exact) mass is 391 g/mol. The van der Waals surface area contributed by atoms with Gasteiger partial charge in [-0.25, -0.2) is 9.98 Å². The van der Waals surface area contributed by atoms with Crippen LogP contribution in [0.4, 0.5) is 0 Å². The number of imidazole rings is 1. The van der Waals surface area contributed by atoms with E-state index in [0.29, 0.717) is 18.4 Å². The van der Waals surface area contributed by atoms with Crippen molar-refractivity contribution in [2.45, 2.75) is 46.2 Å². The highest BCUT2D eigenvalue weighted by molar-refractivity contribution is 14.0. The molecule has 20 heavy (non-hydrogen) atoms. The van der Waals surface area contributed by atoms with Gasteiger partial charge in [0.15, 0.2) is 5.96 Å². The van der Waals surface area contributed by atoms with Crippen molar-refractivity contribution < 1.29 is 0 Å². The predicted octanol–water partition coefficient (Wildman–Crippen LogP) is 2.36. The summed E-state index contributed by atoms with van der Waals surface area (Å²) in [6.07, 6.45) is 7.82. The maximum Gasteiger partial charge on any atom is 0.189 e. The van der Waals surface area contributed by atoms with Crippen molar-refractivity contribution in [2.75, 3.05) is 6.54 Å². The van der Waals surface area contributed by atoms with Crippen LogP contribution < -0.4 is 11.1 Å². The predicted molar refractivity (Wildman–Crippen MR) is 93.2 cm³/mol. The minimum absolute atomic E-state index is 0. The molecule has 0 atom stereocenters. The van der Waals surface area contributed by atoms with Crippen LogP contribution in [0.25, 0.3) is 0 Å². The molecular weight excluding hydrogens is 365 g/mol. The highest BCUT2D eigenvalue weighted by atomic mass is 127. The summed E-state index contributed by atoms with van der Waals surface area (Å²) in [4.78, 5) is 8.70. The fourth-order valence-corrected chi connectivity index (χ4v) is 2.21. The Morgan fingerprint density at radius 3 is 2.90 bits per heavy atom. The number of hydrogen-bond donors (Lipinski definition) is 2. The summed E-state index contributed by atoms with van der Waals surface area (Å²) in [7, 11) is 0. The molecular formula is C14H26IN5. The van der Waals surface area contributed by atoms with Gasteiger partial charge in [-0.05, 0) is 24.7 Å². The highest BCUT2D eigenvalue weighted by Gasteiger charge is 2.16. The van der Waals surface area contributed by atoms with Gasteiger partial charge in [-0.1, -0.05) is 20.3 Å². The lowest BCUT2D eigenvalue weighted by atomic mass is 9.85. The molecule has 5 nitrogen and oxygen atoms in total. The smallest absolute Gasteiger partial charge is 0.189 e. The summed E-state index contributed by atoms with van der Waals surface area (Å²) in [5, 5.41) is 3.20. The number of nitrogens with two attached hydrogens (primary N) is 1. The molecule has 0 saturated heterocycles. The van der Waals surface area contributed by atoms with E-state index >= 15 is 0 Å². The Bertz CT molecular complexity index is 423. The first-order valence-electron chi connectivity index (χ1n) is 7.19. The number of rotatable bonds is 6. The van der Waals surface area contributed by atoms with Gasteiger partial charge in [0, 0.05) is 25.5 Å². The molecule has 2 rings (SSSR count). The summed E-state index contributed by atoms with van der Waals surface area (Å²) in [5.41, 5.74) is 5.87. The Morgan fingerprint density at radius 1 is 1.55 bits per heavy atom.